The molecule has 0 aromatic carbocycles. The molecule has 0 saturated heterocycles. The average molecular weight is 233 g/mol. The minimum atomic E-state index is -1.34. The fourth-order valence-electron chi connectivity index (χ4n) is 0.859. The fraction of sp³-hybridized carbons (Fsp3) is 0.625. The number of aliphatic hydroxyl groups is 1. The monoisotopic (exact) mass is 233 g/mol. The molecule has 0 radical (unpaired) electrons. The lowest BCUT2D eigenvalue weighted by Crippen LogP contribution is -2.48. The zero-order valence-electron chi connectivity index (χ0n) is 8.60. The van der Waals surface area contributed by atoms with Crippen LogP contribution in [0.2, 0.25) is 0 Å². The third-order valence-electron chi connectivity index (χ3n) is 1.67. The van der Waals surface area contributed by atoms with Gasteiger partial charge in [-0.05, 0) is 6.42 Å². The highest BCUT2D eigenvalue weighted by atomic mass is 16.4. The van der Waals surface area contributed by atoms with Crippen molar-refractivity contribution in [2.24, 2.45) is 5.73 Å². The molecule has 0 aliphatic carbocycles. The van der Waals surface area contributed by atoms with Gasteiger partial charge >= 0.3 is 12.0 Å². The fourth-order valence-corrected chi connectivity index (χ4v) is 0.859. The Morgan fingerprint density at radius 2 is 1.94 bits per heavy atom. The molecule has 0 bridgehead atoms. The first kappa shape index (κ1) is 14.2. The molecule has 1 atom stereocenters. The van der Waals surface area contributed by atoms with Crippen LogP contribution in [0.15, 0.2) is 0 Å². The number of amides is 3. The van der Waals surface area contributed by atoms with E-state index in [2.05, 4.69) is 5.32 Å². The third-order valence-corrected chi connectivity index (χ3v) is 1.67. The van der Waals surface area contributed by atoms with Gasteiger partial charge in [-0.2, -0.15) is 0 Å². The topological polar surface area (TPSA) is 142 Å². The van der Waals surface area contributed by atoms with Crippen LogP contribution >= 0.6 is 0 Å². The number of hydrogen-bond donors (Lipinski definition) is 5. The van der Waals surface area contributed by atoms with Crippen molar-refractivity contribution < 1.29 is 24.6 Å². The van der Waals surface area contributed by atoms with Crippen molar-refractivity contribution in [3.63, 3.8) is 0 Å². The third kappa shape index (κ3) is 6.60. The normalized spacial score (nSPS) is 11.6. The van der Waals surface area contributed by atoms with Gasteiger partial charge in [0.2, 0.25) is 5.91 Å². The number of aliphatic hydroxyl groups excluding tert-OH is 1. The number of carboxylic acid groups (broad SMARTS) is 1. The molecular formula is C8H15N3O5. The Kier molecular flexibility index (Phi) is 6.61. The predicted molar refractivity (Wildman–Crippen MR) is 53.5 cm³/mol. The van der Waals surface area contributed by atoms with E-state index in [4.69, 9.17) is 15.9 Å². The van der Waals surface area contributed by atoms with Gasteiger partial charge in [-0.15, -0.1) is 0 Å². The summed E-state index contributed by atoms with van der Waals surface area (Å²) in [6.07, 6.45) is 0.516. The maximum absolute atomic E-state index is 11.0. The predicted octanol–water partition coefficient (Wildman–Crippen LogP) is -2.00. The number of urea groups is 1. The highest BCUT2D eigenvalue weighted by molar-refractivity contribution is 5.82. The van der Waals surface area contributed by atoms with Crippen molar-refractivity contribution in [3.8, 4) is 0 Å². The standard InChI is InChI=1S/C8H15N3O5/c9-6(13)2-1-3-10-8(16)11-5(4-12)7(14)15/h5,12H,1-4H2,(H2,9,13)(H,14,15)(H2,10,11,16)/t5-/m1/s1. The maximum Gasteiger partial charge on any atom is 0.328 e. The molecule has 0 aliphatic heterocycles. The lowest BCUT2D eigenvalue weighted by Gasteiger charge is -2.12. The molecule has 0 rings (SSSR count). The summed E-state index contributed by atoms with van der Waals surface area (Å²) in [6, 6.07) is -2.05. The van der Waals surface area contributed by atoms with Gasteiger partial charge in [0.1, 0.15) is 0 Å². The van der Waals surface area contributed by atoms with E-state index in [0.717, 1.165) is 0 Å². The molecule has 3 amide bonds. The Balaban J connectivity index is 3.73. The number of nitrogens with one attached hydrogen (secondary N) is 2. The van der Waals surface area contributed by atoms with Crippen LogP contribution < -0.4 is 16.4 Å². The van der Waals surface area contributed by atoms with Crippen molar-refractivity contribution in [2.75, 3.05) is 13.2 Å². The van der Waals surface area contributed by atoms with Gasteiger partial charge in [0.25, 0.3) is 0 Å². The SMILES string of the molecule is NC(=O)CCCNC(=O)N[C@H](CO)C(=O)O. The first-order valence-electron chi connectivity index (χ1n) is 4.63. The smallest absolute Gasteiger partial charge is 0.328 e. The summed E-state index contributed by atoms with van der Waals surface area (Å²) < 4.78 is 0. The number of rotatable bonds is 7. The quantitative estimate of drug-likeness (QED) is 0.323. The van der Waals surface area contributed by atoms with E-state index in [1.807, 2.05) is 5.32 Å². The van der Waals surface area contributed by atoms with E-state index >= 15 is 0 Å². The van der Waals surface area contributed by atoms with Crippen LogP contribution in [0.3, 0.4) is 0 Å². The molecule has 0 heterocycles. The van der Waals surface area contributed by atoms with Gasteiger partial charge in [-0.3, -0.25) is 4.79 Å². The molecule has 92 valence electrons. The van der Waals surface area contributed by atoms with Crippen LogP contribution in [-0.2, 0) is 9.59 Å². The largest absolute Gasteiger partial charge is 0.480 e. The van der Waals surface area contributed by atoms with Gasteiger partial charge < -0.3 is 26.6 Å². The summed E-state index contributed by atoms with van der Waals surface area (Å²) in [5, 5.41) is 21.5. The second-order valence-electron chi connectivity index (χ2n) is 3.04. The zero-order chi connectivity index (χ0) is 12.6. The molecule has 0 unspecified atom stereocenters. The first-order chi connectivity index (χ1) is 7.47. The highest BCUT2D eigenvalue weighted by Gasteiger charge is 2.17. The Labute approximate surface area is 91.8 Å². The van der Waals surface area contributed by atoms with Crippen LogP contribution in [0.4, 0.5) is 4.79 Å². The maximum atomic E-state index is 11.0. The summed E-state index contributed by atoms with van der Waals surface area (Å²) in [6.45, 7) is -0.490. The lowest BCUT2D eigenvalue weighted by molar-refractivity contribution is -0.140. The number of aliphatic carboxylic acids is 1. The molecule has 8 heteroatoms. The minimum absolute atomic E-state index is 0.142. The summed E-state index contributed by atoms with van der Waals surface area (Å²) in [7, 11) is 0. The Hall–Kier alpha value is -1.83. The minimum Gasteiger partial charge on any atom is -0.480 e. The average Bonchev–Trinajstić information content (AvgIpc) is 2.20. The molecule has 0 spiro atoms. The van der Waals surface area contributed by atoms with Crippen LogP contribution in [-0.4, -0.2) is 47.3 Å². The van der Waals surface area contributed by atoms with E-state index in [0.29, 0.717) is 6.42 Å². The number of nitrogens with two attached hydrogens (primary N) is 1. The lowest BCUT2D eigenvalue weighted by atomic mass is 10.3. The van der Waals surface area contributed by atoms with Gasteiger partial charge in [0.05, 0.1) is 6.61 Å². The molecule has 0 saturated carbocycles. The van der Waals surface area contributed by atoms with E-state index in [-0.39, 0.29) is 13.0 Å². The molecule has 16 heavy (non-hydrogen) atoms. The molecule has 0 fully saturated rings. The van der Waals surface area contributed by atoms with E-state index in [1.165, 1.54) is 0 Å². The second kappa shape index (κ2) is 7.46. The Morgan fingerprint density at radius 3 is 2.38 bits per heavy atom. The van der Waals surface area contributed by atoms with Crippen molar-refractivity contribution in [3.05, 3.63) is 0 Å². The van der Waals surface area contributed by atoms with Crippen LogP contribution in [0.1, 0.15) is 12.8 Å². The summed E-state index contributed by atoms with van der Waals surface area (Å²) in [5.41, 5.74) is 4.87. The van der Waals surface area contributed by atoms with Crippen molar-refractivity contribution in [1.82, 2.24) is 10.6 Å². The molecule has 0 aromatic rings. The molecule has 0 aromatic heterocycles. The summed E-state index contributed by atoms with van der Waals surface area (Å²) in [4.78, 5) is 31.8. The molecular weight excluding hydrogens is 218 g/mol. The molecule has 0 aliphatic rings. The zero-order valence-corrected chi connectivity index (χ0v) is 8.60. The van der Waals surface area contributed by atoms with Crippen molar-refractivity contribution in [2.45, 2.75) is 18.9 Å². The summed E-state index contributed by atoms with van der Waals surface area (Å²) in [5.74, 6) is -1.80. The van der Waals surface area contributed by atoms with Crippen molar-refractivity contribution in [1.29, 1.82) is 0 Å². The Morgan fingerprint density at radius 1 is 1.31 bits per heavy atom. The van der Waals surface area contributed by atoms with Gasteiger partial charge in [0.15, 0.2) is 6.04 Å². The van der Waals surface area contributed by atoms with E-state index in [1.54, 1.807) is 0 Å². The van der Waals surface area contributed by atoms with Gasteiger partial charge in [0, 0.05) is 13.0 Å². The van der Waals surface area contributed by atoms with Crippen LogP contribution in [0, 0.1) is 0 Å². The number of carbonyl (C=O) groups is 3. The molecule has 8 nitrogen and oxygen atoms in total. The number of hydrogen-bond acceptors (Lipinski definition) is 4. The second-order valence-corrected chi connectivity index (χ2v) is 3.04. The van der Waals surface area contributed by atoms with Crippen LogP contribution in [0.5, 0.6) is 0 Å². The molecule has 6 N–H and O–H groups in total. The number of carboxylic acids is 1. The van der Waals surface area contributed by atoms with Crippen molar-refractivity contribution >= 4 is 17.9 Å². The highest BCUT2D eigenvalue weighted by Crippen LogP contribution is 1.86. The van der Waals surface area contributed by atoms with E-state index in [9.17, 15) is 14.4 Å². The number of carbonyl (C=O) groups excluding carboxylic acids is 2. The van der Waals surface area contributed by atoms with Crippen LogP contribution in [0.25, 0.3) is 0 Å². The Bertz CT molecular complexity index is 268. The van der Waals surface area contributed by atoms with Gasteiger partial charge in [-0.25, -0.2) is 9.59 Å². The van der Waals surface area contributed by atoms with Gasteiger partial charge in [-0.1, -0.05) is 0 Å². The first-order valence-corrected chi connectivity index (χ1v) is 4.63. The number of primary amides is 1. The van der Waals surface area contributed by atoms with E-state index < -0.39 is 30.6 Å². The summed E-state index contributed by atoms with van der Waals surface area (Å²) >= 11 is 0.